The third-order valence-electron chi connectivity index (χ3n) is 4.70. The van der Waals surface area contributed by atoms with Crippen LogP contribution in [0.25, 0.3) is 0 Å². The molecule has 29 heavy (non-hydrogen) atoms. The maximum absolute atomic E-state index is 12.4. The van der Waals surface area contributed by atoms with E-state index in [1.807, 2.05) is 44.2 Å². The molecule has 6 heteroatoms. The van der Waals surface area contributed by atoms with Gasteiger partial charge in [0, 0.05) is 12.6 Å². The molecule has 0 saturated heterocycles. The molecule has 2 atom stereocenters. The van der Waals surface area contributed by atoms with E-state index in [0.29, 0.717) is 12.1 Å². The molecule has 0 aromatic heterocycles. The monoisotopic (exact) mass is 411 g/mol. The van der Waals surface area contributed by atoms with Gasteiger partial charge in [0.15, 0.2) is 0 Å². The van der Waals surface area contributed by atoms with E-state index in [2.05, 4.69) is 5.32 Å². The van der Waals surface area contributed by atoms with Gasteiger partial charge in [-0.3, -0.25) is 0 Å². The van der Waals surface area contributed by atoms with Crippen molar-refractivity contribution in [3.8, 4) is 5.75 Å². The first-order valence-corrected chi connectivity index (χ1v) is 10.8. The van der Waals surface area contributed by atoms with Gasteiger partial charge in [0.2, 0.25) is 0 Å². The van der Waals surface area contributed by atoms with Crippen molar-refractivity contribution in [1.82, 2.24) is 5.32 Å². The summed E-state index contributed by atoms with van der Waals surface area (Å²) < 4.78 is 29.9. The summed E-state index contributed by atoms with van der Waals surface area (Å²) in [6.07, 6.45) is -0.719. The van der Waals surface area contributed by atoms with Crippen molar-refractivity contribution in [1.29, 1.82) is 0 Å². The normalized spacial score (nSPS) is 13.6. The lowest BCUT2D eigenvalue weighted by Gasteiger charge is -2.18. The van der Waals surface area contributed by atoms with Crippen LogP contribution < -0.4 is 9.50 Å². The van der Waals surface area contributed by atoms with Gasteiger partial charge < -0.3 is 14.6 Å². The molecule has 0 aliphatic heterocycles. The number of nitrogens with one attached hydrogen (secondary N) is 1. The van der Waals surface area contributed by atoms with E-state index in [4.69, 9.17) is 4.18 Å². The second-order valence-electron chi connectivity index (χ2n) is 6.98. The summed E-state index contributed by atoms with van der Waals surface area (Å²) in [6, 6.07) is 23.0. The highest BCUT2D eigenvalue weighted by Gasteiger charge is 2.17. The predicted octanol–water partition coefficient (Wildman–Crippen LogP) is 4.15. The molecule has 0 aliphatic rings. The number of benzene rings is 3. The highest BCUT2D eigenvalue weighted by molar-refractivity contribution is 7.87. The first-order valence-electron chi connectivity index (χ1n) is 9.43. The lowest BCUT2D eigenvalue weighted by atomic mass is 10.1. The van der Waals surface area contributed by atoms with Crippen molar-refractivity contribution in [3.05, 3.63) is 95.6 Å². The zero-order valence-electron chi connectivity index (χ0n) is 16.4. The fraction of sp³-hybridized carbons (Fsp3) is 0.217. The molecule has 3 rings (SSSR count). The van der Waals surface area contributed by atoms with Crippen molar-refractivity contribution in [2.24, 2.45) is 0 Å². The second-order valence-corrected chi connectivity index (χ2v) is 8.52. The Morgan fingerprint density at radius 3 is 2.14 bits per heavy atom. The Morgan fingerprint density at radius 1 is 0.897 bits per heavy atom. The molecule has 5 nitrogen and oxygen atoms in total. The molecule has 0 unspecified atom stereocenters. The summed E-state index contributed by atoms with van der Waals surface area (Å²) in [6.45, 7) is 4.30. The molecule has 2 N–H and O–H groups in total. The Balaban J connectivity index is 1.60. The van der Waals surface area contributed by atoms with Gasteiger partial charge in [-0.25, -0.2) is 0 Å². The fourth-order valence-corrected chi connectivity index (χ4v) is 3.82. The van der Waals surface area contributed by atoms with Crippen LogP contribution in [0, 0.1) is 6.92 Å². The number of rotatable bonds is 8. The molecule has 0 fully saturated rings. The molecule has 152 valence electrons. The summed E-state index contributed by atoms with van der Waals surface area (Å²) in [7, 11) is -3.89. The zero-order chi connectivity index (χ0) is 20.9. The van der Waals surface area contributed by atoms with Gasteiger partial charge in [-0.1, -0.05) is 60.2 Å². The highest BCUT2D eigenvalue weighted by Crippen LogP contribution is 2.22. The maximum atomic E-state index is 12.4. The number of hydrogen-bond acceptors (Lipinski definition) is 5. The van der Waals surface area contributed by atoms with E-state index in [1.165, 1.54) is 12.1 Å². The van der Waals surface area contributed by atoms with Crippen molar-refractivity contribution in [2.75, 3.05) is 6.54 Å². The van der Waals surface area contributed by atoms with Gasteiger partial charge >= 0.3 is 10.1 Å². The van der Waals surface area contributed by atoms with Crippen molar-refractivity contribution in [3.63, 3.8) is 0 Å². The first-order chi connectivity index (χ1) is 13.8. The Hall–Kier alpha value is -2.67. The minimum atomic E-state index is -3.89. The van der Waals surface area contributed by atoms with Crippen LogP contribution in [0.3, 0.4) is 0 Å². The molecule has 0 bridgehead atoms. The number of hydrogen-bond donors (Lipinski definition) is 2. The summed E-state index contributed by atoms with van der Waals surface area (Å²) >= 11 is 0. The van der Waals surface area contributed by atoms with Gasteiger partial charge in [0.05, 0.1) is 6.10 Å². The zero-order valence-corrected chi connectivity index (χ0v) is 17.3. The average Bonchev–Trinajstić information content (AvgIpc) is 2.73. The minimum absolute atomic E-state index is 0.103. The van der Waals surface area contributed by atoms with E-state index in [1.54, 1.807) is 36.4 Å². The van der Waals surface area contributed by atoms with Gasteiger partial charge in [0.25, 0.3) is 0 Å². The van der Waals surface area contributed by atoms with Crippen molar-refractivity contribution in [2.45, 2.75) is 30.9 Å². The van der Waals surface area contributed by atoms with E-state index < -0.39 is 16.2 Å². The topological polar surface area (TPSA) is 75.6 Å². The van der Waals surface area contributed by atoms with E-state index in [9.17, 15) is 13.5 Å². The smallest absolute Gasteiger partial charge is 0.339 e. The third kappa shape index (κ3) is 5.67. The molecular weight excluding hydrogens is 386 g/mol. The largest absolute Gasteiger partial charge is 0.387 e. The molecule has 0 aliphatic carbocycles. The molecule has 0 heterocycles. The van der Waals surface area contributed by atoms with Crippen LogP contribution in [0.15, 0.2) is 83.8 Å². The van der Waals surface area contributed by atoms with E-state index in [-0.39, 0.29) is 16.7 Å². The van der Waals surface area contributed by atoms with Crippen LogP contribution in [0.5, 0.6) is 5.75 Å². The number of aliphatic hydroxyl groups is 1. The maximum Gasteiger partial charge on any atom is 0.339 e. The quantitative estimate of drug-likeness (QED) is 0.545. The van der Waals surface area contributed by atoms with Crippen LogP contribution >= 0.6 is 0 Å². The molecule has 0 radical (unpaired) electrons. The molecule has 3 aromatic carbocycles. The predicted molar refractivity (Wildman–Crippen MR) is 113 cm³/mol. The lowest BCUT2D eigenvalue weighted by molar-refractivity contribution is 0.171. The third-order valence-corrected chi connectivity index (χ3v) is 5.96. The number of aryl methyl sites for hydroxylation is 1. The van der Waals surface area contributed by atoms with Gasteiger partial charge in [-0.2, -0.15) is 8.42 Å². The highest BCUT2D eigenvalue weighted by atomic mass is 32.2. The Labute approximate surface area is 172 Å². The SMILES string of the molecule is Cc1ccc(S(=O)(=O)Oc2ccc([C@@H](O)CN[C@H](C)c3ccccc3)cc2)cc1. The van der Waals surface area contributed by atoms with E-state index in [0.717, 1.165) is 11.1 Å². The van der Waals surface area contributed by atoms with Gasteiger partial charge in [0.1, 0.15) is 10.6 Å². The van der Waals surface area contributed by atoms with Crippen LogP contribution in [0.2, 0.25) is 0 Å². The summed E-state index contributed by atoms with van der Waals surface area (Å²) in [4.78, 5) is 0.103. The van der Waals surface area contributed by atoms with Crippen molar-refractivity contribution < 1.29 is 17.7 Å². The van der Waals surface area contributed by atoms with Crippen molar-refractivity contribution >= 4 is 10.1 Å². The average molecular weight is 412 g/mol. The van der Waals surface area contributed by atoms with E-state index >= 15 is 0 Å². The number of aliphatic hydroxyl groups excluding tert-OH is 1. The van der Waals surface area contributed by atoms with Crippen LogP contribution in [-0.2, 0) is 10.1 Å². The Kier molecular flexibility index (Phi) is 6.69. The molecular formula is C23H25NO4S. The van der Waals surface area contributed by atoms with Crippen LogP contribution in [-0.4, -0.2) is 20.1 Å². The van der Waals surface area contributed by atoms with Gasteiger partial charge in [-0.15, -0.1) is 0 Å². The van der Waals surface area contributed by atoms with Crippen LogP contribution in [0.1, 0.15) is 35.8 Å². The molecule has 0 saturated carbocycles. The fourth-order valence-electron chi connectivity index (χ4n) is 2.89. The summed E-state index contributed by atoms with van der Waals surface area (Å²) in [5, 5.41) is 13.7. The van der Waals surface area contributed by atoms with Crippen LogP contribution in [0.4, 0.5) is 0 Å². The molecule has 0 spiro atoms. The van der Waals surface area contributed by atoms with Gasteiger partial charge in [-0.05, 0) is 49.2 Å². The lowest BCUT2D eigenvalue weighted by Crippen LogP contribution is -2.24. The molecule has 3 aromatic rings. The minimum Gasteiger partial charge on any atom is -0.387 e. The Bertz CT molecular complexity index is 1020. The standard InChI is InChI=1S/C23H25NO4S/c1-17-8-14-22(15-9-17)29(26,27)28-21-12-10-20(11-13-21)23(25)16-24-18(2)19-6-4-3-5-7-19/h3-15,18,23-25H,16H2,1-2H3/t18-,23+/m1/s1. The summed E-state index contributed by atoms with van der Waals surface area (Å²) in [5.74, 6) is 0.201. The second kappa shape index (κ2) is 9.22. The Morgan fingerprint density at radius 2 is 1.52 bits per heavy atom. The summed E-state index contributed by atoms with van der Waals surface area (Å²) in [5.41, 5.74) is 2.79. The first kappa shape index (κ1) is 21.0. The molecule has 0 amide bonds.